The van der Waals surface area contributed by atoms with Crippen LogP contribution in [-0.4, -0.2) is 28.8 Å². The van der Waals surface area contributed by atoms with Crippen LogP contribution in [0.3, 0.4) is 0 Å². The number of carbonyl (C=O) groups is 1. The average Bonchev–Trinajstić information content (AvgIpc) is 2.80. The van der Waals surface area contributed by atoms with Crippen molar-refractivity contribution in [3.05, 3.63) is 51.4 Å². The molecule has 3 rings (SSSR count). The molecular formula is C25H35ClN4O3. The zero-order valence-electron chi connectivity index (χ0n) is 20.3. The first-order valence-electron chi connectivity index (χ1n) is 11.5. The molecule has 1 aromatic carbocycles. The van der Waals surface area contributed by atoms with Crippen LogP contribution >= 0.6 is 11.6 Å². The number of methoxy groups -OCH3 is 1. The highest BCUT2D eigenvalue weighted by Crippen LogP contribution is 2.48. The Balaban J connectivity index is 1.65. The number of amides is 1. The molecule has 1 heterocycles. The minimum absolute atomic E-state index is 0.0583. The van der Waals surface area contributed by atoms with Crippen molar-refractivity contribution in [3.63, 3.8) is 0 Å². The van der Waals surface area contributed by atoms with Crippen LogP contribution < -0.4 is 20.9 Å². The molecule has 0 spiro atoms. The van der Waals surface area contributed by atoms with E-state index in [0.717, 1.165) is 16.7 Å². The number of rotatable bonds is 7. The first-order valence-corrected chi connectivity index (χ1v) is 11.8. The topological polar surface area (TPSA) is 85.2 Å². The lowest BCUT2D eigenvalue weighted by molar-refractivity contribution is -0.122. The van der Waals surface area contributed by atoms with Crippen LogP contribution in [0.25, 0.3) is 0 Å². The van der Waals surface area contributed by atoms with Gasteiger partial charge in [0.25, 0.3) is 5.56 Å². The number of ether oxygens (including phenoxy) is 1. The Labute approximate surface area is 200 Å². The quantitative estimate of drug-likeness (QED) is 0.623. The highest BCUT2D eigenvalue weighted by Gasteiger charge is 2.43. The van der Waals surface area contributed by atoms with Crippen LogP contribution in [0.15, 0.2) is 35.3 Å². The van der Waals surface area contributed by atoms with Gasteiger partial charge in [-0.1, -0.05) is 58.4 Å². The Bertz CT molecular complexity index is 1050. The van der Waals surface area contributed by atoms with Crippen LogP contribution in [0, 0.1) is 23.2 Å². The van der Waals surface area contributed by atoms with Crippen molar-refractivity contribution in [1.82, 2.24) is 15.1 Å². The maximum atomic E-state index is 12.8. The summed E-state index contributed by atoms with van der Waals surface area (Å²) in [5, 5.41) is 10.5. The third-order valence-electron chi connectivity index (χ3n) is 7.72. The lowest BCUT2D eigenvalue weighted by atomic mass is 9.58. The molecule has 0 radical (unpaired) electrons. The van der Waals surface area contributed by atoms with Crippen LogP contribution in [0.4, 0.5) is 5.69 Å². The standard InChI is InChI=1S/C25H35ClN4O3/c1-15-10-20(16(2)17(3)25(15,4)5)29-21-13-28-30(24(32)23(21)26)14-22(31)27-12-18-8-7-9-19(11-18)33-6/h7-9,11,13,15-17,20,29H,10,12,14H2,1-6H3,(H,27,31)/t15-,16+,17+,20+/m0/s1. The second-order valence-corrected chi connectivity index (χ2v) is 10.2. The summed E-state index contributed by atoms with van der Waals surface area (Å²) in [6.45, 7) is 11.6. The molecule has 0 aliphatic heterocycles. The first kappa shape index (κ1) is 25.1. The summed E-state index contributed by atoms with van der Waals surface area (Å²) < 4.78 is 6.28. The van der Waals surface area contributed by atoms with Crippen LogP contribution in [0.5, 0.6) is 5.75 Å². The van der Waals surface area contributed by atoms with Crippen molar-refractivity contribution in [1.29, 1.82) is 0 Å². The van der Waals surface area contributed by atoms with E-state index in [1.165, 1.54) is 0 Å². The van der Waals surface area contributed by atoms with E-state index in [1.54, 1.807) is 13.3 Å². The number of hydrogen-bond acceptors (Lipinski definition) is 5. The summed E-state index contributed by atoms with van der Waals surface area (Å²) in [6, 6.07) is 7.62. The number of nitrogens with one attached hydrogen (secondary N) is 2. The van der Waals surface area contributed by atoms with Gasteiger partial charge in [0.15, 0.2) is 0 Å². The fourth-order valence-electron chi connectivity index (χ4n) is 4.62. The van der Waals surface area contributed by atoms with E-state index in [2.05, 4.69) is 50.4 Å². The van der Waals surface area contributed by atoms with Gasteiger partial charge in [0.05, 0.1) is 19.0 Å². The van der Waals surface area contributed by atoms with E-state index in [1.807, 2.05) is 24.3 Å². The normalized spacial score (nSPS) is 24.2. The molecule has 33 heavy (non-hydrogen) atoms. The monoisotopic (exact) mass is 474 g/mol. The summed E-state index contributed by atoms with van der Waals surface area (Å²) in [6.07, 6.45) is 2.53. The number of hydrogen-bond donors (Lipinski definition) is 2. The van der Waals surface area contributed by atoms with Gasteiger partial charge in [-0.25, -0.2) is 4.68 Å². The van der Waals surface area contributed by atoms with Crippen molar-refractivity contribution in [2.75, 3.05) is 12.4 Å². The third kappa shape index (κ3) is 5.52. The molecule has 1 aliphatic rings. The molecule has 1 amide bonds. The molecule has 7 nitrogen and oxygen atoms in total. The van der Waals surface area contributed by atoms with Gasteiger partial charge in [-0.05, 0) is 47.3 Å². The summed E-state index contributed by atoms with van der Waals surface area (Å²) >= 11 is 6.40. The Morgan fingerprint density at radius 3 is 2.73 bits per heavy atom. The molecule has 8 heteroatoms. The largest absolute Gasteiger partial charge is 0.497 e. The Kier molecular flexibility index (Phi) is 7.73. The zero-order chi connectivity index (χ0) is 24.3. The predicted molar refractivity (Wildman–Crippen MR) is 132 cm³/mol. The lowest BCUT2D eigenvalue weighted by Gasteiger charge is -2.50. The summed E-state index contributed by atoms with van der Waals surface area (Å²) in [5.41, 5.74) is 1.18. The fraction of sp³-hybridized carbons (Fsp3) is 0.560. The molecule has 180 valence electrons. The van der Waals surface area contributed by atoms with E-state index in [-0.39, 0.29) is 28.9 Å². The molecule has 0 bridgehead atoms. The molecule has 4 atom stereocenters. The van der Waals surface area contributed by atoms with Gasteiger partial charge in [0.1, 0.15) is 17.3 Å². The average molecular weight is 475 g/mol. The van der Waals surface area contributed by atoms with Crippen LogP contribution in [0.2, 0.25) is 5.02 Å². The maximum absolute atomic E-state index is 12.8. The lowest BCUT2D eigenvalue weighted by Crippen LogP contribution is -2.48. The number of anilines is 1. The molecule has 2 N–H and O–H groups in total. The smallest absolute Gasteiger partial charge is 0.288 e. The number of aromatic nitrogens is 2. The second-order valence-electron chi connectivity index (χ2n) is 9.82. The molecule has 2 aromatic rings. The van der Waals surface area contributed by atoms with Crippen molar-refractivity contribution in [3.8, 4) is 5.75 Å². The van der Waals surface area contributed by atoms with Crippen molar-refractivity contribution >= 4 is 23.2 Å². The molecular weight excluding hydrogens is 440 g/mol. The molecule has 0 saturated heterocycles. The van der Waals surface area contributed by atoms with E-state index in [4.69, 9.17) is 16.3 Å². The minimum atomic E-state index is -0.483. The Hall–Kier alpha value is -2.54. The van der Waals surface area contributed by atoms with Crippen LogP contribution in [-0.2, 0) is 17.9 Å². The van der Waals surface area contributed by atoms with Gasteiger partial charge in [0.2, 0.25) is 5.91 Å². The van der Waals surface area contributed by atoms with Gasteiger partial charge in [0, 0.05) is 12.6 Å². The number of carbonyl (C=O) groups excluding carboxylic acids is 1. The SMILES string of the molecule is COc1cccc(CNC(=O)Cn2ncc(N[C@@H]3C[C@H](C)C(C)(C)[C@H](C)[C@H]3C)c(Cl)c2=O)c1. The van der Waals surface area contributed by atoms with Gasteiger partial charge in [-0.3, -0.25) is 9.59 Å². The third-order valence-corrected chi connectivity index (χ3v) is 8.08. The number of halogens is 1. The van der Waals surface area contributed by atoms with E-state index >= 15 is 0 Å². The summed E-state index contributed by atoms with van der Waals surface area (Å²) in [5.74, 6) is 1.85. The van der Waals surface area contributed by atoms with E-state index < -0.39 is 5.56 Å². The van der Waals surface area contributed by atoms with Gasteiger partial charge in [-0.2, -0.15) is 5.10 Å². The van der Waals surface area contributed by atoms with Crippen molar-refractivity contribution < 1.29 is 9.53 Å². The Morgan fingerprint density at radius 1 is 1.30 bits per heavy atom. The van der Waals surface area contributed by atoms with Crippen molar-refractivity contribution in [2.24, 2.45) is 23.2 Å². The molecule has 1 fully saturated rings. The zero-order valence-corrected chi connectivity index (χ0v) is 21.1. The highest BCUT2D eigenvalue weighted by molar-refractivity contribution is 6.32. The molecule has 1 aliphatic carbocycles. The predicted octanol–water partition coefficient (Wildman–Crippen LogP) is 4.34. The number of benzene rings is 1. The van der Waals surface area contributed by atoms with E-state index in [0.29, 0.717) is 35.7 Å². The first-order chi connectivity index (χ1) is 15.5. The summed E-state index contributed by atoms with van der Waals surface area (Å²) in [7, 11) is 1.59. The van der Waals surface area contributed by atoms with Crippen molar-refractivity contribution in [2.45, 2.75) is 60.2 Å². The van der Waals surface area contributed by atoms with Gasteiger partial charge in [-0.15, -0.1) is 0 Å². The van der Waals surface area contributed by atoms with Gasteiger partial charge >= 0.3 is 0 Å². The molecule has 1 aromatic heterocycles. The highest BCUT2D eigenvalue weighted by atomic mass is 35.5. The van der Waals surface area contributed by atoms with Gasteiger partial charge < -0.3 is 15.4 Å². The van der Waals surface area contributed by atoms with Crippen LogP contribution in [0.1, 0.15) is 46.6 Å². The van der Waals surface area contributed by atoms with E-state index in [9.17, 15) is 9.59 Å². The second kappa shape index (κ2) is 10.2. The molecule has 1 saturated carbocycles. The maximum Gasteiger partial charge on any atom is 0.288 e. The fourth-order valence-corrected chi connectivity index (χ4v) is 4.82. The minimum Gasteiger partial charge on any atom is -0.497 e. The number of nitrogens with zero attached hydrogens (tertiary/aromatic N) is 2. The Morgan fingerprint density at radius 2 is 2.03 bits per heavy atom. The summed E-state index contributed by atoms with van der Waals surface area (Å²) in [4.78, 5) is 25.2. The molecule has 0 unspecified atom stereocenters.